The van der Waals surface area contributed by atoms with E-state index in [-0.39, 0.29) is 29.1 Å². The molecule has 2 aliphatic rings. The standard InChI is InChI=1S/C23H34FN3O2/c1-23(2,3)22(29)27-14-12-26(13-15-27)16-20(28)25-21(17-6-4-5-7-17)18-8-10-19(24)11-9-18/h8-11,17,21H,4-7,12-16H2,1-3H3,(H,25,28). The normalized spacial score (nSPS) is 19.9. The Kier molecular flexibility index (Phi) is 6.93. The molecule has 2 amide bonds. The van der Waals surface area contributed by atoms with Crippen LogP contribution in [0, 0.1) is 17.2 Å². The van der Waals surface area contributed by atoms with Crippen molar-refractivity contribution < 1.29 is 14.0 Å². The van der Waals surface area contributed by atoms with Crippen LogP contribution < -0.4 is 5.32 Å². The summed E-state index contributed by atoms with van der Waals surface area (Å²) in [4.78, 5) is 29.2. The van der Waals surface area contributed by atoms with Crippen LogP contribution in [-0.4, -0.2) is 54.3 Å². The second kappa shape index (κ2) is 9.24. The number of piperazine rings is 1. The Morgan fingerprint density at radius 1 is 1.07 bits per heavy atom. The van der Waals surface area contributed by atoms with Crippen LogP contribution in [-0.2, 0) is 9.59 Å². The molecular formula is C23H34FN3O2. The van der Waals surface area contributed by atoms with E-state index in [1.807, 2.05) is 25.7 Å². The average Bonchev–Trinajstić information content (AvgIpc) is 3.21. The minimum atomic E-state index is -0.372. The summed E-state index contributed by atoms with van der Waals surface area (Å²) in [5.41, 5.74) is 0.607. The lowest BCUT2D eigenvalue weighted by molar-refractivity contribution is -0.141. The third-order valence-corrected chi connectivity index (χ3v) is 6.09. The predicted molar refractivity (Wildman–Crippen MR) is 112 cm³/mol. The van der Waals surface area contributed by atoms with E-state index < -0.39 is 0 Å². The summed E-state index contributed by atoms with van der Waals surface area (Å²) in [6.45, 7) is 8.89. The number of rotatable bonds is 5. The summed E-state index contributed by atoms with van der Waals surface area (Å²) in [6.07, 6.45) is 4.55. The molecule has 1 atom stereocenters. The van der Waals surface area contributed by atoms with E-state index in [4.69, 9.17) is 0 Å². The van der Waals surface area contributed by atoms with E-state index in [9.17, 15) is 14.0 Å². The fourth-order valence-corrected chi connectivity index (χ4v) is 4.44. The number of carbonyl (C=O) groups excluding carboxylic acids is 2. The third-order valence-electron chi connectivity index (χ3n) is 6.09. The highest BCUT2D eigenvalue weighted by molar-refractivity contribution is 5.82. The van der Waals surface area contributed by atoms with Crippen LogP contribution in [0.1, 0.15) is 58.1 Å². The second-order valence-corrected chi connectivity index (χ2v) is 9.46. The Labute approximate surface area is 173 Å². The maximum Gasteiger partial charge on any atom is 0.234 e. The predicted octanol–water partition coefficient (Wildman–Crippen LogP) is 3.36. The lowest BCUT2D eigenvalue weighted by Crippen LogP contribution is -2.53. The first-order valence-electron chi connectivity index (χ1n) is 10.8. The summed E-state index contributed by atoms with van der Waals surface area (Å²) < 4.78 is 13.3. The number of nitrogens with one attached hydrogen (secondary N) is 1. The molecule has 0 aromatic heterocycles. The van der Waals surface area contributed by atoms with E-state index in [2.05, 4.69) is 10.2 Å². The van der Waals surface area contributed by atoms with Gasteiger partial charge in [-0.15, -0.1) is 0 Å². The molecule has 5 nitrogen and oxygen atoms in total. The molecule has 1 aliphatic heterocycles. The summed E-state index contributed by atoms with van der Waals surface area (Å²) in [6, 6.07) is 6.45. The molecule has 1 unspecified atom stereocenters. The zero-order valence-electron chi connectivity index (χ0n) is 17.9. The van der Waals surface area contributed by atoms with Crippen molar-refractivity contribution in [2.24, 2.45) is 11.3 Å². The maximum absolute atomic E-state index is 13.3. The molecule has 1 saturated carbocycles. The zero-order valence-corrected chi connectivity index (χ0v) is 17.9. The summed E-state index contributed by atoms with van der Waals surface area (Å²) in [5, 5.41) is 3.22. The fourth-order valence-electron chi connectivity index (χ4n) is 4.44. The molecule has 1 aliphatic carbocycles. The highest BCUT2D eigenvalue weighted by Crippen LogP contribution is 2.35. The van der Waals surface area contributed by atoms with Gasteiger partial charge in [-0.1, -0.05) is 45.7 Å². The molecule has 29 heavy (non-hydrogen) atoms. The van der Waals surface area contributed by atoms with Crippen LogP contribution >= 0.6 is 0 Å². The molecule has 3 rings (SSSR count). The van der Waals surface area contributed by atoms with Gasteiger partial charge in [-0.25, -0.2) is 4.39 Å². The van der Waals surface area contributed by atoms with Crippen LogP contribution in [0.15, 0.2) is 24.3 Å². The number of benzene rings is 1. The second-order valence-electron chi connectivity index (χ2n) is 9.46. The number of nitrogens with zero attached hydrogens (tertiary/aromatic N) is 2. The maximum atomic E-state index is 13.3. The van der Waals surface area contributed by atoms with Gasteiger partial charge in [-0.3, -0.25) is 14.5 Å². The highest BCUT2D eigenvalue weighted by atomic mass is 19.1. The van der Waals surface area contributed by atoms with Crippen LogP contribution in [0.5, 0.6) is 0 Å². The quantitative estimate of drug-likeness (QED) is 0.820. The molecule has 0 spiro atoms. The number of hydrogen-bond donors (Lipinski definition) is 1. The van der Waals surface area contributed by atoms with Crippen molar-refractivity contribution in [1.82, 2.24) is 15.1 Å². The Morgan fingerprint density at radius 2 is 1.66 bits per heavy atom. The number of halogens is 1. The summed E-state index contributed by atoms with van der Waals surface area (Å²) >= 11 is 0. The molecule has 0 bridgehead atoms. The van der Waals surface area contributed by atoms with Crippen LogP contribution in [0.4, 0.5) is 4.39 Å². The molecule has 1 aromatic rings. The first-order chi connectivity index (χ1) is 13.7. The van der Waals surface area contributed by atoms with Gasteiger partial charge in [0.25, 0.3) is 0 Å². The van der Waals surface area contributed by atoms with Gasteiger partial charge in [0, 0.05) is 31.6 Å². The number of hydrogen-bond acceptors (Lipinski definition) is 3. The Balaban J connectivity index is 1.55. The van der Waals surface area contributed by atoms with Gasteiger partial charge in [-0.2, -0.15) is 0 Å². The molecule has 1 aromatic carbocycles. The van der Waals surface area contributed by atoms with Crippen molar-refractivity contribution in [2.75, 3.05) is 32.7 Å². The van der Waals surface area contributed by atoms with Gasteiger partial charge in [0.05, 0.1) is 12.6 Å². The topological polar surface area (TPSA) is 52.7 Å². The van der Waals surface area contributed by atoms with Crippen LogP contribution in [0.3, 0.4) is 0 Å². The Morgan fingerprint density at radius 3 is 2.21 bits per heavy atom. The molecule has 6 heteroatoms. The number of carbonyl (C=O) groups is 2. The van der Waals surface area contributed by atoms with Gasteiger partial charge in [-0.05, 0) is 36.5 Å². The van der Waals surface area contributed by atoms with Gasteiger partial charge in [0.15, 0.2) is 0 Å². The first-order valence-corrected chi connectivity index (χ1v) is 10.8. The first kappa shape index (κ1) is 21.8. The van der Waals surface area contributed by atoms with Crippen molar-refractivity contribution in [3.63, 3.8) is 0 Å². The Bertz CT molecular complexity index is 700. The highest BCUT2D eigenvalue weighted by Gasteiger charge is 2.31. The molecule has 1 heterocycles. The fraction of sp³-hybridized carbons (Fsp3) is 0.652. The van der Waals surface area contributed by atoms with E-state index in [1.54, 1.807) is 12.1 Å². The minimum absolute atomic E-state index is 0.00169. The van der Waals surface area contributed by atoms with Crippen molar-refractivity contribution in [2.45, 2.75) is 52.5 Å². The Hall–Kier alpha value is -1.95. The summed E-state index contributed by atoms with van der Waals surface area (Å²) in [7, 11) is 0. The van der Waals surface area contributed by atoms with Crippen LogP contribution in [0.2, 0.25) is 0 Å². The lowest BCUT2D eigenvalue weighted by atomic mass is 9.91. The largest absolute Gasteiger partial charge is 0.348 e. The van der Waals surface area contributed by atoms with Crippen molar-refractivity contribution in [3.05, 3.63) is 35.6 Å². The average molecular weight is 404 g/mol. The lowest BCUT2D eigenvalue weighted by Gasteiger charge is -2.37. The monoisotopic (exact) mass is 403 g/mol. The van der Waals surface area contributed by atoms with E-state index >= 15 is 0 Å². The summed E-state index contributed by atoms with van der Waals surface area (Å²) in [5.74, 6) is 0.319. The van der Waals surface area contributed by atoms with Crippen molar-refractivity contribution in [3.8, 4) is 0 Å². The smallest absolute Gasteiger partial charge is 0.234 e. The zero-order chi connectivity index (χ0) is 21.0. The van der Waals surface area contributed by atoms with Gasteiger partial charge in [0.2, 0.25) is 11.8 Å². The molecule has 2 fully saturated rings. The van der Waals surface area contributed by atoms with E-state index in [0.29, 0.717) is 38.6 Å². The van der Waals surface area contributed by atoms with Gasteiger partial charge in [0.1, 0.15) is 5.82 Å². The van der Waals surface area contributed by atoms with Gasteiger partial charge >= 0.3 is 0 Å². The molecule has 1 saturated heterocycles. The molecular weight excluding hydrogens is 369 g/mol. The third kappa shape index (κ3) is 5.78. The minimum Gasteiger partial charge on any atom is -0.348 e. The van der Waals surface area contributed by atoms with Gasteiger partial charge < -0.3 is 10.2 Å². The molecule has 0 radical (unpaired) electrons. The van der Waals surface area contributed by atoms with Crippen molar-refractivity contribution >= 4 is 11.8 Å². The molecule has 160 valence electrons. The molecule has 1 N–H and O–H groups in total. The van der Waals surface area contributed by atoms with E-state index in [0.717, 1.165) is 18.4 Å². The number of amides is 2. The SMILES string of the molecule is CC(C)(C)C(=O)N1CCN(CC(=O)NC(c2ccc(F)cc2)C2CCCC2)CC1. The van der Waals surface area contributed by atoms with Crippen molar-refractivity contribution in [1.29, 1.82) is 0 Å². The van der Waals surface area contributed by atoms with Crippen LogP contribution in [0.25, 0.3) is 0 Å². The van der Waals surface area contributed by atoms with E-state index in [1.165, 1.54) is 25.0 Å².